The van der Waals surface area contributed by atoms with Crippen molar-refractivity contribution in [2.45, 2.75) is 6.92 Å². The third-order valence-electron chi connectivity index (χ3n) is 2.89. The van der Waals surface area contributed by atoms with Crippen molar-refractivity contribution >= 4 is 17.3 Å². The van der Waals surface area contributed by atoms with Gasteiger partial charge in [-0.05, 0) is 26.6 Å². The Bertz CT molecular complexity index is 502. The molecular weight excluding hydrogens is 262 g/mol. The zero-order chi connectivity index (χ0) is 15.3. The van der Waals surface area contributed by atoms with Gasteiger partial charge >= 0.3 is 5.97 Å². The molecule has 0 atom stereocenters. The highest BCUT2D eigenvalue weighted by Crippen LogP contribution is 2.25. The molecule has 7 nitrogen and oxygen atoms in total. The number of nitro benzene ring substituents is 1. The maximum atomic E-state index is 11.0. The van der Waals surface area contributed by atoms with Crippen molar-refractivity contribution in [1.29, 1.82) is 0 Å². The molecule has 0 fully saturated rings. The van der Waals surface area contributed by atoms with Crippen molar-refractivity contribution in [3.63, 3.8) is 0 Å². The van der Waals surface area contributed by atoms with Crippen LogP contribution in [0.1, 0.15) is 5.56 Å². The van der Waals surface area contributed by atoms with E-state index in [4.69, 9.17) is 5.11 Å². The first-order valence-corrected chi connectivity index (χ1v) is 6.17. The summed E-state index contributed by atoms with van der Waals surface area (Å²) in [6, 6.07) is 4.48. The second kappa shape index (κ2) is 6.85. The average Bonchev–Trinajstić information content (AvgIpc) is 2.34. The Morgan fingerprint density at radius 1 is 1.35 bits per heavy atom. The number of carbonyl (C=O) groups is 1. The van der Waals surface area contributed by atoms with Crippen LogP contribution in [0.3, 0.4) is 0 Å². The summed E-state index contributed by atoms with van der Waals surface area (Å²) in [5, 5.41) is 19.8. The van der Waals surface area contributed by atoms with Gasteiger partial charge < -0.3 is 14.9 Å². The van der Waals surface area contributed by atoms with E-state index in [0.29, 0.717) is 18.8 Å². The fraction of sp³-hybridized carbons (Fsp3) is 0.462. The number of anilines is 1. The number of rotatable bonds is 7. The maximum Gasteiger partial charge on any atom is 0.323 e. The molecule has 0 saturated carbocycles. The van der Waals surface area contributed by atoms with Crippen molar-refractivity contribution in [1.82, 2.24) is 4.90 Å². The predicted molar refractivity (Wildman–Crippen MR) is 76.2 cm³/mol. The molecule has 1 N–H and O–H groups in total. The fourth-order valence-corrected chi connectivity index (χ4v) is 1.82. The van der Waals surface area contributed by atoms with E-state index in [-0.39, 0.29) is 12.2 Å². The first-order valence-electron chi connectivity index (χ1n) is 6.17. The van der Waals surface area contributed by atoms with E-state index < -0.39 is 10.9 Å². The molecule has 1 rings (SSSR count). The molecule has 0 saturated heterocycles. The van der Waals surface area contributed by atoms with E-state index in [1.165, 1.54) is 12.1 Å². The van der Waals surface area contributed by atoms with Gasteiger partial charge in [-0.1, -0.05) is 6.07 Å². The Hall–Kier alpha value is -2.15. The largest absolute Gasteiger partial charge is 0.480 e. The van der Waals surface area contributed by atoms with Crippen molar-refractivity contribution in [2.24, 2.45) is 0 Å². The van der Waals surface area contributed by atoms with Gasteiger partial charge in [0.25, 0.3) is 5.69 Å². The molecule has 20 heavy (non-hydrogen) atoms. The summed E-state index contributed by atoms with van der Waals surface area (Å²) in [5.41, 5.74) is 1.37. The van der Waals surface area contributed by atoms with Crippen LogP contribution in [0, 0.1) is 17.0 Å². The Kier molecular flexibility index (Phi) is 5.45. The number of hydrogen-bond acceptors (Lipinski definition) is 5. The molecule has 1 aromatic rings. The number of non-ortho nitro benzene ring substituents is 1. The van der Waals surface area contributed by atoms with Gasteiger partial charge in [0.2, 0.25) is 0 Å². The normalized spacial score (nSPS) is 10.6. The number of carboxylic acids is 1. The maximum absolute atomic E-state index is 11.0. The van der Waals surface area contributed by atoms with E-state index >= 15 is 0 Å². The fourth-order valence-electron chi connectivity index (χ4n) is 1.82. The summed E-state index contributed by atoms with van der Waals surface area (Å²) in [4.78, 5) is 24.9. The molecule has 0 aliphatic carbocycles. The molecular formula is C13H19N3O4. The lowest BCUT2D eigenvalue weighted by atomic mass is 10.1. The summed E-state index contributed by atoms with van der Waals surface area (Å²) in [6.07, 6.45) is 0. The summed E-state index contributed by atoms with van der Waals surface area (Å²) in [5.74, 6) is -0.963. The minimum atomic E-state index is -0.963. The van der Waals surface area contributed by atoms with E-state index in [1.807, 2.05) is 25.9 Å². The van der Waals surface area contributed by atoms with Crippen molar-refractivity contribution < 1.29 is 14.8 Å². The van der Waals surface area contributed by atoms with Crippen molar-refractivity contribution in [2.75, 3.05) is 38.6 Å². The SMILES string of the molecule is Cc1ccc([N+](=O)[O-])cc1N(CCN(C)C)CC(=O)O. The number of nitro groups is 1. The lowest BCUT2D eigenvalue weighted by Gasteiger charge is -2.26. The Morgan fingerprint density at radius 3 is 2.50 bits per heavy atom. The van der Waals surface area contributed by atoms with Crippen LogP contribution < -0.4 is 4.90 Å². The minimum Gasteiger partial charge on any atom is -0.480 e. The number of aliphatic carboxylic acids is 1. The molecule has 0 amide bonds. The van der Waals surface area contributed by atoms with Crippen LogP contribution in [0.15, 0.2) is 18.2 Å². The molecule has 0 spiro atoms. The molecule has 0 radical (unpaired) electrons. The van der Waals surface area contributed by atoms with Gasteiger partial charge in [-0.2, -0.15) is 0 Å². The number of aryl methyl sites for hydroxylation is 1. The second-order valence-corrected chi connectivity index (χ2v) is 4.85. The summed E-state index contributed by atoms with van der Waals surface area (Å²) >= 11 is 0. The first-order chi connectivity index (χ1) is 9.31. The second-order valence-electron chi connectivity index (χ2n) is 4.85. The Morgan fingerprint density at radius 2 is 2.00 bits per heavy atom. The van der Waals surface area contributed by atoms with E-state index in [0.717, 1.165) is 5.56 Å². The number of hydrogen-bond donors (Lipinski definition) is 1. The van der Waals surface area contributed by atoms with E-state index in [9.17, 15) is 14.9 Å². The van der Waals surface area contributed by atoms with Gasteiger partial charge in [0.1, 0.15) is 6.54 Å². The van der Waals surface area contributed by atoms with Crippen LogP contribution in [0.2, 0.25) is 0 Å². The number of nitrogens with zero attached hydrogens (tertiary/aromatic N) is 3. The third kappa shape index (κ3) is 4.51. The quantitative estimate of drug-likeness (QED) is 0.599. The first kappa shape index (κ1) is 15.9. The summed E-state index contributed by atoms with van der Waals surface area (Å²) in [7, 11) is 3.78. The van der Waals surface area contributed by atoms with Gasteiger partial charge in [0, 0.05) is 30.9 Å². The van der Waals surface area contributed by atoms with Crippen LogP contribution in [0.5, 0.6) is 0 Å². The molecule has 0 bridgehead atoms. The Labute approximate surface area is 117 Å². The highest BCUT2D eigenvalue weighted by molar-refractivity contribution is 5.75. The summed E-state index contributed by atoms with van der Waals surface area (Å²) in [6.45, 7) is 2.77. The van der Waals surface area contributed by atoms with Gasteiger partial charge in [0.15, 0.2) is 0 Å². The van der Waals surface area contributed by atoms with Crippen LogP contribution in [-0.2, 0) is 4.79 Å². The smallest absolute Gasteiger partial charge is 0.323 e. The number of likely N-dealkylation sites (N-methyl/N-ethyl adjacent to an activating group) is 1. The molecule has 110 valence electrons. The topological polar surface area (TPSA) is 86.9 Å². The van der Waals surface area contributed by atoms with Crippen molar-refractivity contribution in [3.05, 3.63) is 33.9 Å². The highest BCUT2D eigenvalue weighted by atomic mass is 16.6. The molecule has 0 heterocycles. The molecule has 0 unspecified atom stereocenters. The van der Waals surface area contributed by atoms with Crippen LogP contribution in [0.25, 0.3) is 0 Å². The molecule has 0 aliphatic heterocycles. The van der Waals surface area contributed by atoms with Crippen LogP contribution in [-0.4, -0.2) is 54.6 Å². The monoisotopic (exact) mass is 281 g/mol. The lowest BCUT2D eigenvalue weighted by Crippen LogP contribution is -2.36. The number of benzene rings is 1. The summed E-state index contributed by atoms with van der Waals surface area (Å²) < 4.78 is 0. The Balaban J connectivity index is 3.07. The third-order valence-corrected chi connectivity index (χ3v) is 2.89. The van der Waals surface area contributed by atoms with Crippen LogP contribution >= 0.6 is 0 Å². The zero-order valence-electron chi connectivity index (χ0n) is 11.9. The molecule has 7 heteroatoms. The van der Waals surface area contributed by atoms with E-state index in [1.54, 1.807) is 11.0 Å². The van der Waals surface area contributed by atoms with Gasteiger partial charge in [-0.3, -0.25) is 14.9 Å². The molecule has 0 aromatic heterocycles. The highest BCUT2D eigenvalue weighted by Gasteiger charge is 2.16. The van der Waals surface area contributed by atoms with Gasteiger partial charge in [-0.25, -0.2) is 0 Å². The predicted octanol–water partition coefficient (Wildman–Crippen LogP) is 1.36. The molecule has 0 aliphatic rings. The standard InChI is InChI=1S/C13H19N3O4/c1-10-4-5-11(16(19)20)8-12(10)15(9-13(17)18)7-6-14(2)3/h4-5,8H,6-7,9H2,1-3H3,(H,17,18). The molecule has 1 aromatic carbocycles. The average molecular weight is 281 g/mol. The van der Waals surface area contributed by atoms with Crippen LogP contribution in [0.4, 0.5) is 11.4 Å². The minimum absolute atomic E-state index is 0.0363. The van der Waals surface area contributed by atoms with Crippen molar-refractivity contribution in [3.8, 4) is 0 Å². The number of carboxylic acid groups (broad SMARTS) is 1. The van der Waals surface area contributed by atoms with E-state index in [2.05, 4.69) is 0 Å². The van der Waals surface area contributed by atoms with Gasteiger partial charge in [0.05, 0.1) is 4.92 Å². The lowest BCUT2D eigenvalue weighted by molar-refractivity contribution is -0.384. The zero-order valence-corrected chi connectivity index (χ0v) is 11.9. The van der Waals surface area contributed by atoms with Gasteiger partial charge in [-0.15, -0.1) is 0 Å².